The second kappa shape index (κ2) is 11.7. The predicted octanol–water partition coefficient (Wildman–Crippen LogP) is 6.29. The molecule has 0 spiro atoms. The van der Waals surface area contributed by atoms with E-state index in [0.29, 0.717) is 11.1 Å². The highest BCUT2D eigenvalue weighted by Crippen LogP contribution is 2.32. The quantitative estimate of drug-likeness (QED) is 0.173. The van der Waals surface area contributed by atoms with E-state index in [1.54, 1.807) is 20.8 Å². The van der Waals surface area contributed by atoms with E-state index < -0.39 is 23.5 Å². The number of aryl methyl sites for hydroxylation is 2. The summed E-state index contributed by atoms with van der Waals surface area (Å²) in [5.74, 6) is -0.331. The Labute approximate surface area is 211 Å². The monoisotopic (exact) mass is 530 g/mol. The van der Waals surface area contributed by atoms with E-state index in [-0.39, 0.29) is 5.75 Å². The van der Waals surface area contributed by atoms with Crippen LogP contribution in [0.15, 0.2) is 103 Å². The third kappa shape index (κ3) is 6.96. The van der Waals surface area contributed by atoms with Crippen molar-refractivity contribution in [2.45, 2.75) is 26.3 Å². The fraction of sp³-hybridized carbons (Fsp3) is 0.143. The highest BCUT2D eigenvalue weighted by molar-refractivity contribution is 7.88. The summed E-state index contributed by atoms with van der Waals surface area (Å²) in [4.78, 5) is 0. The number of rotatable bonds is 5. The maximum Gasteiger partial charge on any atom is 0.534 e. The molecule has 0 saturated heterocycles. The van der Waals surface area contributed by atoms with Crippen LogP contribution in [0, 0.1) is 20.8 Å². The second-order valence-corrected chi connectivity index (χ2v) is 11.8. The number of alkyl halides is 3. The van der Waals surface area contributed by atoms with E-state index >= 15 is 0 Å². The van der Waals surface area contributed by atoms with Crippen molar-refractivity contribution < 1.29 is 25.8 Å². The number of hydrogen-bond donors (Lipinski definition) is 0. The Morgan fingerprint density at radius 1 is 0.639 bits per heavy atom. The zero-order chi connectivity index (χ0) is 26.3. The maximum absolute atomic E-state index is 12.1. The molecule has 0 atom stereocenters. The summed E-state index contributed by atoms with van der Waals surface area (Å²) >= 11 is 0. The largest absolute Gasteiger partial charge is 0.534 e. The van der Waals surface area contributed by atoms with Crippen molar-refractivity contribution in [2.75, 3.05) is 0 Å². The van der Waals surface area contributed by atoms with Crippen LogP contribution < -0.4 is 20.1 Å². The molecule has 0 bridgehead atoms. The Morgan fingerprint density at radius 2 is 0.972 bits per heavy atom. The molecular weight excluding hydrogens is 504 g/mol. The third-order valence-electron chi connectivity index (χ3n) is 5.43. The standard InChI is InChI=1S/C18H15P.C10H11F3O3S/c1-4-10-16(11-5-1)19(17-12-6-2-7-13-17)18-14-8-3-9-15-18;1-6-4-9(5-7(2)8(6)3)16-17(14,15)10(11,12)13/h1-15H;4-5H,1-3H3. The molecule has 0 saturated carbocycles. The molecule has 0 aromatic heterocycles. The third-order valence-corrected chi connectivity index (χ3v) is 8.86. The molecule has 0 aliphatic carbocycles. The molecule has 3 nitrogen and oxygen atoms in total. The van der Waals surface area contributed by atoms with Crippen molar-refractivity contribution in [3.63, 3.8) is 0 Å². The van der Waals surface area contributed by atoms with Crippen molar-refractivity contribution in [1.29, 1.82) is 0 Å². The van der Waals surface area contributed by atoms with E-state index in [0.717, 1.165) is 5.56 Å². The minimum Gasteiger partial charge on any atom is -0.376 e. The van der Waals surface area contributed by atoms with Crippen LogP contribution in [0.3, 0.4) is 0 Å². The van der Waals surface area contributed by atoms with Crippen molar-refractivity contribution >= 4 is 34.0 Å². The van der Waals surface area contributed by atoms with Crippen LogP contribution in [0.2, 0.25) is 0 Å². The van der Waals surface area contributed by atoms with Gasteiger partial charge in [-0.15, -0.1) is 0 Å². The van der Waals surface area contributed by atoms with Gasteiger partial charge >= 0.3 is 15.6 Å². The lowest BCUT2D eigenvalue weighted by atomic mass is 10.0. The minimum atomic E-state index is -5.60. The molecule has 188 valence electrons. The van der Waals surface area contributed by atoms with Gasteiger partial charge in [-0.25, -0.2) is 0 Å². The SMILES string of the molecule is Cc1cc(OS(=O)(=O)C(F)(F)F)cc(C)c1C.c1ccc(P(c2ccccc2)c2ccccc2)cc1. The van der Waals surface area contributed by atoms with Gasteiger partial charge in [0.25, 0.3) is 0 Å². The Balaban J connectivity index is 0.000000202. The van der Waals surface area contributed by atoms with Gasteiger partial charge in [0, 0.05) is 0 Å². The Morgan fingerprint density at radius 3 is 1.28 bits per heavy atom. The summed E-state index contributed by atoms with van der Waals surface area (Å²) in [6.45, 7) is 5.11. The molecular formula is C28H26F3O3PS. The zero-order valence-corrected chi connectivity index (χ0v) is 21.7. The lowest BCUT2D eigenvalue weighted by Crippen LogP contribution is -2.28. The molecule has 0 aliphatic heterocycles. The Hall–Kier alpha value is -3.15. The number of benzene rings is 4. The van der Waals surface area contributed by atoms with E-state index in [2.05, 4.69) is 95.2 Å². The normalized spacial score (nSPS) is 11.5. The molecule has 36 heavy (non-hydrogen) atoms. The highest BCUT2D eigenvalue weighted by atomic mass is 32.2. The molecule has 8 heteroatoms. The summed E-state index contributed by atoms with van der Waals surface area (Å²) in [6, 6.07) is 34.8. The molecule has 4 rings (SSSR count). The summed E-state index contributed by atoms with van der Waals surface area (Å²) in [7, 11) is -6.04. The van der Waals surface area contributed by atoms with Crippen LogP contribution in [0.1, 0.15) is 16.7 Å². The minimum absolute atomic E-state index is 0.331. The van der Waals surface area contributed by atoms with Gasteiger partial charge in [0.05, 0.1) is 0 Å². The Kier molecular flexibility index (Phi) is 8.93. The fourth-order valence-electron chi connectivity index (χ4n) is 3.40. The molecule has 4 aromatic rings. The van der Waals surface area contributed by atoms with Gasteiger partial charge in [-0.3, -0.25) is 0 Å². The van der Waals surface area contributed by atoms with Gasteiger partial charge in [-0.1, -0.05) is 91.0 Å². The van der Waals surface area contributed by atoms with E-state index in [9.17, 15) is 21.6 Å². The van der Waals surface area contributed by atoms with Crippen molar-refractivity contribution in [1.82, 2.24) is 0 Å². The van der Waals surface area contributed by atoms with Gasteiger partial charge in [0.2, 0.25) is 0 Å². The fourth-order valence-corrected chi connectivity index (χ4v) is 6.15. The van der Waals surface area contributed by atoms with Crippen LogP contribution >= 0.6 is 7.92 Å². The van der Waals surface area contributed by atoms with Crippen LogP contribution in [0.5, 0.6) is 5.75 Å². The molecule has 0 heterocycles. The van der Waals surface area contributed by atoms with Crippen LogP contribution in [0.4, 0.5) is 13.2 Å². The topological polar surface area (TPSA) is 43.4 Å². The number of hydrogen-bond acceptors (Lipinski definition) is 3. The first-order valence-electron chi connectivity index (χ1n) is 11.0. The Bertz CT molecular complexity index is 1260. The van der Waals surface area contributed by atoms with Gasteiger partial charge in [0.1, 0.15) is 5.75 Å². The molecule has 0 fully saturated rings. The van der Waals surface area contributed by atoms with E-state index in [4.69, 9.17) is 0 Å². The predicted molar refractivity (Wildman–Crippen MR) is 141 cm³/mol. The average molecular weight is 531 g/mol. The highest BCUT2D eigenvalue weighted by Gasteiger charge is 2.48. The molecule has 0 amide bonds. The molecule has 4 aromatic carbocycles. The van der Waals surface area contributed by atoms with Crippen molar-refractivity contribution in [2.24, 2.45) is 0 Å². The maximum atomic E-state index is 12.1. The van der Waals surface area contributed by atoms with E-state index in [1.807, 2.05) is 0 Å². The summed E-state index contributed by atoms with van der Waals surface area (Å²) < 4.78 is 61.9. The summed E-state index contributed by atoms with van der Waals surface area (Å²) in [5, 5.41) is 4.19. The van der Waals surface area contributed by atoms with Gasteiger partial charge in [-0.05, 0) is 73.4 Å². The summed E-state index contributed by atoms with van der Waals surface area (Å²) in [6.07, 6.45) is 0. The van der Waals surface area contributed by atoms with Crippen molar-refractivity contribution in [3.8, 4) is 5.75 Å². The average Bonchev–Trinajstić information content (AvgIpc) is 2.84. The number of halogens is 3. The van der Waals surface area contributed by atoms with Crippen molar-refractivity contribution in [3.05, 3.63) is 120 Å². The zero-order valence-electron chi connectivity index (χ0n) is 20.0. The molecule has 0 N–H and O–H groups in total. The first kappa shape index (κ1) is 27.4. The van der Waals surface area contributed by atoms with Crippen LogP contribution in [0.25, 0.3) is 0 Å². The molecule has 0 radical (unpaired) electrons. The van der Waals surface area contributed by atoms with Crippen LogP contribution in [-0.4, -0.2) is 13.9 Å². The van der Waals surface area contributed by atoms with Gasteiger partial charge < -0.3 is 4.18 Å². The first-order valence-corrected chi connectivity index (χ1v) is 13.8. The van der Waals surface area contributed by atoms with Gasteiger partial charge in [0.15, 0.2) is 0 Å². The summed E-state index contributed by atoms with van der Waals surface area (Å²) in [5.41, 5.74) is -3.21. The molecule has 0 aliphatic rings. The second-order valence-electron chi connectivity index (χ2n) is 8.01. The molecule has 0 unspecified atom stereocenters. The van der Waals surface area contributed by atoms with E-state index in [1.165, 1.54) is 28.0 Å². The smallest absolute Gasteiger partial charge is 0.376 e. The van der Waals surface area contributed by atoms with Crippen LogP contribution in [-0.2, 0) is 10.1 Å². The lowest BCUT2D eigenvalue weighted by Gasteiger charge is -2.18. The lowest BCUT2D eigenvalue weighted by molar-refractivity contribution is -0.0500. The first-order chi connectivity index (χ1) is 17.0. The van der Waals surface area contributed by atoms with Gasteiger partial charge in [-0.2, -0.15) is 21.6 Å².